The third-order valence-electron chi connectivity index (χ3n) is 4.13. The highest BCUT2D eigenvalue weighted by Gasteiger charge is 2.27. The van der Waals surface area contributed by atoms with Gasteiger partial charge in [-0.25, -0.2) is 4.79 Å². The highest BCUT2D eigenvalue weighted by molar-refractivity contribution is 7.18. The number of amides is 2. The topological polar surface area (TPSA) is 88.9 Å². The first-order valence-corrected chi connectivity index (χ1v) is 9.22. The molecule has 2 amide bonds. The molecule has 7 nitrogen and oxygen atoms in total. The van der Waals surface area contributed by atoms with E-state index in [2.05, 4.69) is 5.32 Å². The molecule has 0 bridgehead atoms. The van der Waals surface area contributed by atoms with Crippen molar-refractivity contribution in [3.05, 3.63) is 40.7 Å². The number of nitrogens with zero attached hydrogens (tertiary/aromatic N) is 1. The number of carbonyl (C=O) groups is 3. The molecule has 1 fully saturated rings. The lowest BCUT2D eigenvalue weighted by Gasteiger charge is -2.20. The number of hydrogen-bond acceptors (Lipinski definition) is 6. The molecule has 3 rings (SSSR count). The average Bonchev–Trinajstić information content (AvgIpc) is 3.35. The maximum absolute atomic E-state index is 12.4. The first-order valence-electron chi connectivity index (χ1n) is 8.41. The van der Waals surface area contributed by atoms with Crippen LogP contribution in [0.5, 0.6) is 0 Å². The fourth-order valence-electron chi connectivity index (χ4n) is 2.79. The number of carbonyl (C=O) groups excluding carboxylic acids is 3. The lowest BCUT2D eigenvalue weighted by atomic mass is 10.3. The monoisotopic (exact) mass is 376 g/mol. The second-order valence-corrected chi connectivity index (χ2v) is 7.19. The second kappa shape index (κ2) is 7.74. The Hall–Kier alpha value is -2.61. The molecule has 1 N–H and O–H groups in total. The summed E-state index contributed by atoms with van der Waals surface area (Å²) in [6.07, 6.45) is 2.55. The van der Waals surface area contributed by atoms with Gasteiger partial charge in [-0.1, -0.05) is 0 Å². The van der Waals surface area contributed by atoms with Gasteiger partial charge in [0.05, 0.1) is 11.3 Å². The maximum atomic E-state index is 12.4. The molecule has 0 aliphatic carbocycles. The number of thiophene rings is 1. The fourth-order valence-corrected chi connectivity index (χ4v) is 3.74. The van der Waals surface area contributed by atoms with E-state index < -0.39 is 18.0 Å². The molecule has 0 spiro atoms. The Morgan fingerprint density at radius 2 is 2.04 bits per heavy atom. The van der Waals surface area contributed by atoms with Gasteiger partial charge >= 0.3 is 5.97 Å². The van der Waals surface area contributed by atoms with Crippen molar-refractivity contribution >= 4 is 34.1 Å². The zero-order valence-electron chi connectivity index (χ0n) is 14.6. The molecule has 3 heterocycles. The molecule has 0 radical (unpaired) electrons. The SMILES string of the molecule is Cc1cc(NC(=O)c2ccco2)sc1C(=O)OC(C)C(=O)N1CCCC1. The van der Waals surface area contributed by atoms with Crippen molar-refractivity contribution in [2.45, 2.75) is 32.8 Å². The number of furan rings is 1. The van der Waals surface area contributed by atoms with E-state index in [9.17, 15) is 14.4 Å². The van der Waals surface area contributed by atoms with Gasteiger partial charge in [-0.2, -0.15) is 0 Å². The van der Waals surface area contributed by atoms with Gasteiger partial charge in [-0.05, 0) is 50.5 Å². The first-order chi connectivity index (χ1) is 12.5. The van der Waals surface area contributed by atoms with Crippen LogP contribution in [0.4, 0.5) is 5.00 Å². The molecule has 1 atom stereocenters. The van der Waals surface area contributed by atoms with Crippen LogP contribution in [-0.2, 0) is 9.53 Å². The number of anilines is 1. The Kier molecular flexibility index (Phi) is 5.41. The van der Waals surface area contributed by atoms with Crippen molar-refractivity contribution in [3.63, 3.8) is 0 Å². The highest BCUT2D eigenvalue weighted by Crippen LogP contribution is 2.28. The molecule has 0 aromatic carbocycles. The molecule has 2 aromatic rings. The Morgan fingerprint density at radius 3 is 2.69 bits per heavy atom. The zero-order chi connectivity index (χ0) is 18.7. The molecule has 26 heavy (non-hydrogen) atoms. The standard InChI is InChI=1S/C18H20N2O5S/c1-11-10-14(19-16(21)13-6-5-9-24-13)26-15(11)18(23)25-12(2)17(22)20-7-3-4-8-20/h5-6,9-10,12H,3-4,7-8H2,1-2H3,(H,19,21). The largest absolute Gasteiger partial charge is 0.459 e. The minimum absolute atomic E-state index is 0.170. The van der Waals surface area contributed by atoms with Crippen LogP contribution in [0.25, 0.3) is 0 Å². The summed E-state index contributed by atoms with van der Waals surface area (Å²) in [5, 5.41) is 3.19. The molecule has 1 saturated heterocycles. The van der Waals surface area contributed by atoms with E-state index in [-0.39, 0.29) is 11.7 Å². The van der Waals surface area contributed by atoms with Crippen molar-refractivity contribution < 1.29 is 23.5 Å². The Morgan fingerprint density at radius 1 is 1.31 bits per heavy atom. The Balaban J connectivity index is 1.63. The molecule has 1 unspecified atom stereocenters. The van der Waals surface area contributed by atoms with Crippen LogP contribution in [0.3, 0.4) is 0 Å². The Bertz CT molecular complexity index is 806. The second-order valence-electron chi connectivity index (χ2n) is 6.13. The number of esters is 1. The van der Waals surface area contributed by atoms with Crippen LogP contribution in [0.2, 0.25) is 0 Å². The summed E-state index contributed by atoms with van der Waals surface area (Å²) in [5.41, 5.74) is 0.676. The molecule has 138 valence electrons. The quantitative estimate of drug-likeness (QED) is 0.810. The third kappa shape index (κ3) is 3.96. The maximum Gasteiger partial charge on any atom is 0.349 e. The van der Waals surface area contributed by atoms with Gasteiger partial charge in [0.25, 0.3) is 11.8 Å². The van der Waals surface area contributed by atoms with Gasteiger partial charge in [0.15, 0.2) is 11.9 Å². The van der Waals surface area contributed by atoms with E-state index in [1.54, 1.807) is 36.9 Å². The van der Waals surface area contributed by atoms with Gasteiger partial charge in [0, 0.05) is 13.1 Å². The van der Waals surface area contributed by atoms with E-state index in [0.717, 1.165) is 24.2 Å². The number of likely N-dealkylation sites (tertiary alicyclic amines) is 1. The number of rotatable bonds is 5. The summed E-state index contributed by atoms with van der Waals surface area (Å²) in [5.74, 6) is -0.943. The van der Waals surface area contributed by atoms with Gasteiger partial charge < -0.3 is 19.4 Å². The van der Waals surface area contributed by atoms with Crippen molar-refractivity contribution in [1.29, 1.82) is 0 Å². The molecular weight excluding hydrogens is 356 g/mol. The Labute approximate surface area is 154 Å². The van der Waals surface area contributed by atoms with Crippen molar-refractivity contribution in [2.24, 2.45) is 0 Å². The molecule has 8 heteroatoms. The minimum Gasteiger partial charge on any atom is -0.459 e. The zero-order valence-corrected chi connectivity index (χ0v) is 15.4. The number of aryl methyl sites for hydroxylation is 1. The van der Waals surface area contributed by atoms with Gasteiger partial charge in [-0.3, -0.25) is 9.59 Å². The number of nitrogens with one attached hydrogen (secondary N) is 1. The van der Waals surface area contributed by atoms with Crippen LogP contribution >= 0.6 is 11.3 Å². The number of hydrogen-bond donors (Lipinski definition) is 1. The molecular formula is C18H20N2O5S. The number of ether oxygens (including phenoxy) is 1. The fraction of sp³-hybridized carbons (Fsp3) is 0.389. The lowest BCUT2D eigenvalue weighted by Crippen LogP contribution is -2.38. The van der Waals surface area contributed by atoms with Crippen LogP contribution in [-0.4, -0.2) is 41.9 Å². The normalized spacial score (nSPS) is 14.9. The predicted octanol–water partition coefficient (Wildman–Crippen LogP) is 3.07. The third-order valence-corrected chi connectivity index (χ3v) is 5.27. The van der Waals surface area contributed by atoms with Crippen LogP contribution in [0.15, 0.2) is 28.9 Å². The summed E-state index contributed by atoms with van der Waals surface area (Å²) in [6.45, 7) is 4.76. The van der Waals surface area contributed by atoms with E-state index >= 15 is 0 Å². The van der Waals surface area contributed by atoms with Crippen molar-refractivity contribution in [3.8, 4) is 0 Å². The summed E-state index contributed by atoms with van der Waals surface area (Å²) < 4.78 is 10.4. The minimum atomic E-state index is -0.830. The molecule has 1 aliphatic rings. The molecule has 1 aliphatic heterocycles. The van der Waals surface area contributed by atoms with Crippen LogP contribution in [0, 0.1) is 6.92 Å². The predicted molar refractivity (Wildman–Crippen MR) is 96.4 cm³/mol. The summed E-state index contributed by atoms with van der Waals surface area (Å²) >= 11 is 1.11. The summed E-state index contributed by atoms with van der Waals surface area (Å²) in [7, 11) is 0. The van der Waals surface area contributed by atoms with Crippen molar-refractivity contribution in [1.82, 2.24) is 4.90 Å². The van der Waals surface area contributed by atoms with Crippen LogP contribution < -0.4 is 5.32 Å². The summed E-state index contributed by atoms with van der Waals surface area (Å²) in [4.78, 5) is 38.8. The van der Waals surface area contributed by atoms with Crippen molar-refractivity contribution in [2.75, 3.05) is 18.4 Å². The van der Waals surface area contributed by atoms with E-state index in [0.29, 0.717) is 28.5 Å². The lowest BCUT2D eigenvalue weighted by molar-refractivity contribution is -0.138. The highest BCUT2D eigenvalue weighted by atomic mass is 32.1. The molecule has 2 aromatic heterocycles. The smallest absolute Gasteiger partial charge is 0.349 e. The van der Waals surface area contributed by atoms with E-state index in [1.165, 1.54) is 6.26 Å². The first kappa shape index (κ1) is 18.2. The summed E-state index contributed by atoms with van der Waals surface area (Å²) in [6, 6.07) is 4.86. The average molecular weight is 376 g/mol. The van der Waals surface area contributed by atoms with Gasteiger partial charge in [-0.15, -0.1) is 11.3 Å². The van der Waals surface area contributed by atoms with E-state index in [4.69, 9.17) is 9.15 Å². The molecule has 0 saturated carbocycles. The van der Waals surface area contributed by atoms with Gasteiger partial charge in [0.1, 0.15) is 4.88 Å². The van der Waals surface area contributed by atoms with Gasteiger partial charge in [0.2, 0.25) is 0 Å². The van der Waals surface area contributed by atoms with Crippen LogP contribution in [0.1, 0.15) is 45.6 Å². The van der Waals surface area contributed by atoms with E-state index in [1.807, 2.05) is 0 Å².